The maximum Gasteiger partial charge on any atom is 0.119 e. The molecule has 0 aliphatic rings. The number of aromatic hydroxyl groups is 1. The molecular weight excluding hydrogens is 236 g/mol. The van der Waals surface area contributed by atoms with Crippen LogP contribution in [-0.4, -0.2) is 11.7 Å². The molecule has 2 rings (SSSR count). The van der Waals surface area contributed by atoms with Gasteiger partial charge in [-0.1, -0.05) is 38.1 Å². The van der Waals surface area contributed by atoms with E-state index in [4.69, 9.17) is 4.74 Å². The van der Waals surface area contributed by atoms with Gasteiger partial charge in [-0.3, -0.25) is 0 Å². The molecule has 0 fully saturated rings. The Kier molecular flexibility index (Phi) is 3.79. The highest BCUT2D eigenvalue weighted by Crippen LogP contribution is 2.33. The average molecular weight is 256 g/mol. The molecule has 0 saturated heterocycles. The smallest absolute Gasteiger partial charge is 0.119 e. The van der Waals surface area contributed by atoms with E-state index in [2.05, 4.69) is 26.0 Å². The molecule has 2 nitrogen and oxygen atoms in total. The van der Waals surface area contributed by atoms with Crippen molar-refractivity contribution in [2.45, 2.75) is 26.2 Å². The first kappa shape index (κ1) is 13.5. The van der Waals surface area contributed by atoms with Gasteiger partial charge >= 0.3 is 0 Å². The molecule has 0 unspecified atom stereocenters. The molecule has 0 heterocycles. The van der Waals surface area contributed by atoms with Crippen molar-refractivity contribution in [1.82, 2.24) is 0 Å². The first-order valence-corrected chi connectivity index (χ1v) is 6.57. The van der Waals surface area contributed by atoms with E-state index in [9.17, 15) is 5.11 Å². The summed E-state index contributed by atoms with van der Waals surface area (Å²) in [5.41, 5.74) is 2.30. The summed E-state index contributed by atoms with van der Waals surface area (Å²) in [6.07, 6.45) is 0. The second-order valence-electron chi connectivity index (χ2n) is 5.13. The largest absolute Gasteiger partial charge is 0.508 e. The van der Waals surface area contributed by atoms with Crippen LogP contribution in [0, 0.1) is 0 Å². The van der Waals surface area contributed by atoms with E-state index in [-0.39, 0.29) is 5.41 Å². The van der Waals surface area contributed by atoms with E-state index >= 15 is 0 Å². The molecule has 0 bridgehead atoms. The topological polar surface area (TPSA) is 29.5 Å². The minimum Gasteiger partial charge on any atom is -0.508 e. The van der Waals surface area contributed by atoms with Gasteiger partial charge in [-0.2, -0.15) is 0 Å². The molecule has 0 amide bonds. The maximum atomic E-state index is 9.37. The normalized spacial score (nSPS) is 11.3. The lowest BCUT2D eigenvalue weighted by molar-refractivity contribution is 0.340. The van der Waals surface area contributed by atoms with Gasteiger partial charge in [-0.05, 0) is 42.3 Å². The standard InChI is InChI=1S/C17H20O2/c1-4-19-16-11-7-14(8-12-16)17(2,3)13-5-9-15(18)10-6-13/h5-12,18H,4H2,1-3H3. The lowest BCUT2D eigenvalue weighted by Gasteiger charge is -2.26. The minimum absolute atomic E-state index is 0.0988. The summed E-state index contributed by atoms with van der Waals surface area (Å²) in [7, 11) is 0. The molecule has 0 radical (unpaired) electrons. The molecule has 2 aromatic carbocycles. The summed E-state index contributed by atoms with van der Waals surface area (Å²) < 4.78 is 5.46. The third-order valence-corrected chi connectivity index (χ3v) is 3.48. The number of phenols is 1. The maximum absolute atomic E-state index is 9.37. The van der Waals surface area contributed by atoms with Crippen LogP contribution in [0.2, 0.25) is 0 Å². The summed E-state index contributed by atoms with van der Waals surface area (Å²) in [6.45, 7) is 7.01. The van der Waals surface area contributed by atoms with Crippen LogP contribution in [-0.2, 0) is 5.41 Å². The van der Waals surface area contributed by atoms with Crippen molar-refractivity contribution in [2.75, 3.05) is 6.61 Å². The Hall–Kier alpha value is -1.96. The van der Waals surface area contributed by atoms with Crippen LogP contribution in [0.15, 0.2) is 48.5 Å². The van der Waals surface area contributed by atoms with Gasteiger partial charge in [0.1, 0.15) is 11.5 Å². The summed E-state index contributed by atoms with van der Waals surface area (Å²) >= 11 is 0. The number of rotatable bonds is 4. The van der Waals surface area contributed by atoms with Crippen molar-refractivity contribution < 1.29 is 9.84 Å². The Morgan fingerprint density at radius 1 is 0.895 bits per heavy atom. The molecule has 19 heavy (non-hydrogen) atoms. The van der Waals surface area contributed by atoms with Crippen LogP contribution in [0.5, 0.6) is 11.5 Å². The quantitative estimate of drug-likeness (QED) is 0.891. The SMILES string of the molecule is CCOc1ccc(C(C)(C)c2ccc(O)cc2)cc1. The third-order valence-electron chi connectivity index (χ3n) is 3.48. The van der Waals surface area contributed by atoms with Gasteiger partial charge < -0.3 is 9.84 Å². The summed E-state index contributed by atoms with van der Waals surface area (Å²) in [6, 6.07) is 15.6. The zero-order valence-corrected chi connectivity index (χ0v) is 11.7. The fourth-order valence-electron chi connectivity index (χ4n) is 2.18. The highest BCUT2D eigenvalue weighted by molar-refractivity contribution is 5.41. The van der Waals surface area contributed by atoms with Gasteiger partial charge in [0.15, 0.2) is 0 Å². The van der Waals surface area contributed by atoms with Gasteiger partial charge in [-0.15, -0.1) is 0 Å². The zero-order valence-electron chi connectivity index (χ0n) is 11.7. The fraction of sp³-hybridized carbons (Fsp3) is 0.294. The van der Waals surface area contributed by atoms with Crippen molar-refractivity contribution in [3.8, 4) is 11.5 Å². The Balaban J connectivity index is 2.30. The Morgan fingerprint density at radius 3 is 1.84 bits per heavy atom. The Labute approximate surface area is 114 Å². The number of hydrogen-bond acceptors (Lipinski definition) is 2. The van der Waals surface area contributed by atoms with Crippen LogP contribution < -0.4 is 4.74 Å². The number of hydrogen-bond donors (Lipinski definition) is 1. The van der Waals surface area contributed by atoms with Gasteiger partial charge in [0.05, 0.1) is 6.61 Å². The second kappa shape index (κ2) is 5.35. The highest BCUT2D eigenvalue weighted by Gasteiger charge is 2.22. The lowest BCUT2D eigenvalue weighted by atomic mass is 9.78. The molecular formula is C17H20O2. The van der Waals surface area contributed by atoms with E-state index < -0.39 is 0 Å². The van der Waals surface area contributed by atoms with Crippen molar-refractivity contribution in [3.05, 3.63) is 59.7 Å². The van der Waals surface area contributed by atoms with Crippen LogP contribution in [0.25, 0.3) is 0 Å². The van der Waals surface area contributed by atoms with E-state index in [1.807, 2.05) is 31.2 Å². The van der Waals surface area contributed by atoms with Gasteiger partial charge in [-0.25, -0.2) is 0 Å². The number of benzene rings is 2. The Morgan fingerprint density at radius 2 is 1.37 bits per heavy atom. The lowest BCUT2D eigenvalue weighted by Crippen LogP contribution is -2.18. The van der Waals surface area contributed by atoms with Crippen molar-refractivity contribution in [3.63, 3.8) is 0 Å². The third kappa shape index (κ3) is 2.90. The summed E-state index contributed by atoms with van der Waals surface area (Å²) in [5.74, 6) is 1.19. The van der Waals surface area contributed by atoms with Crippen LogP contribution in [0.4, 0.5) is 0 Å². The average Bonchev–Trinajstić information content (AvgIpc) is 2.40. The van der Waals surface area contributed by atoms with E-state index in [1.165, 1.54) is 11.1 Å². The molecule has 0 saturated carbocycles. The minimum atomic E-state index is -0.0988. The van der Waals surface area contributed by atoms with E-state index in [1.54, 1.807) is 12.1 Å². The van der Waals surface area contributed by atoms with Crippen molar-refractivity contribution >= 4 is 0 Å². The van der Waals surface area contributed by atoms with Crippen LogP contribution >= 0.6 is 0 Å². The van der Waals surface area contributed by atoms with Gasteiger partial charge in [0, 0.05) is 5.41 Å². The van der Waals surface area contributed by atoms with Gasteiger partial charge in [0.25, 0.3) is 0 Å². The highest BCUT2D eigenvalue weighted by atomic mass is 16.5. The first-order valence-electron chi connectivity index (χ1n) is 6.57. The molecule has 2 heteroatoms. The van der Waals surface area contributed by atoms with Crippen molar-refractivity contribution in [2.24, 2.45) is 0 Å². The van der Waals surface area contributed by atoms with Crippen LogP contribution in [0.3, 0.4) is 0 Å². The summed E-state index contributed by atoms with van der Waals surface area (Å²) in [4.78, 5) is 0. The number of phenolic OH excluding ortho intramolecular Hbond substituents is 1. The Bertz CT molecular complexity index is 524. The molecule has 0 aliphatic carbocycles. The molecule has 2 aromatic rings. The summed E-state index contributed by atoms with van der Waals surface area (Å²) in [5, 5.41) is 9.37. The molecule has 0 aromatic heterocycles. The molecule has 100 valence electrons. The molecule has 0 aliphatic heterocycles. The predicted octanol–water partition coefficient (Wildman–Crippen LogP) is 4.12. The van der Waals surface area contributed by atoms with Gasteiger partial charge in [0.2, 0.25) is 0 Å². The monoisotopic (exact) mass is 256 g/mol. The van der Waals surface area contributed by atoms with Crippen LogP contribution in [0.1, 0.15) is 31.9 Å². The number of ether oxygens (including phenoxy) is 1. The fourth-order valence-corrected chi connectivity index (χ4v) is 2.18. The predicted molar refractivity (Wildman–Crippen MR) is 77.8 cm³/mol. The zero-order chi connectivity index (χ0) is 13.9. The second-order valence-corrected chi connectivity index (χ2v) is 5.13. The first-order chi connectivity index (χ1) is 9.04. The molecule has 0 spiro atoms. The molecule has 0 atom stereocenters. The van der Waals surface area contributed by atoms with E-state index in [0.29, 0.717) is 12.4 Å². The molecule has 1 N–H and O–H groups in total. The van der Waals surface area contributed by atoms with Crippen molar-refractivity contribution in [1.29, 1.82) is 0 Å². The van der Waals surface area contributed by atoms with E-state index in [0.717, 1.165) is 5.75 Å².